The summed E-state index contributed by atoms with van der Waals surface area (Å²) < 4.78 is 0. The van der Waals surface area contributed by atoms with Crippen molar-refractivity contribution in [3.05, 3.63) is 66.0 Å². The quantitative estimate of drug-likeness (QED) is 0.245. The van der Waals surface area contributed by atoms with Crippen LogP contribution in [0, 0.1) is 0 Å². The molecular formula is C24H38N6O. The molecule has 7 nitrogen and oxygen atoms in total. The average Bonchev–Trinajstić information content (AvgIpc) is 2.76. The number of hydrogen-bond donors (Lipinski definition) is 3. The third kappa shape index (κ3) is 7.36. The summed E-state index contributed by atoms with van der Waals surface area (Å²) in [6, 6.07) is 13.8. The van der Waals surface area contributed by atoms with Crippen molar-refractivity contribution in [2.75, 3.05) is 0 Å². The van der Waals surface area contributed by atoms with Crippen LogP contribution in [0.25, 0.3) is 0 Å². The second-order valence-electron chi connectivity index (χ2n) is 7.65. The summed E-state index contributed by atoms with van der Waals surface area (Å²) >= 11 is 0. The molecule has 0 bridgehead atoms. The second-order valence-corrected chi connectivity index (χ2v) is 7.65. The molecule has 1 heterocycles. The van der Waals surface area contributed by atoms with Gasteiger partial charge in [0.25, 0.3) is 0 Å². The number of rotatable bonds is 9. The number of nitrogens with zero attached hydrogens (tertiary/aromatic N) is 3. The maximum Gasteiger partial charge on any atom is 0.231 e. The number of nitrogens with two attached hydrogens (primary N) is 2. The summed E-state index contributed by atoms with van der Waals surface area (Å²) in [5, 5.41) is 3.92. The van der Waals surface area contributed by atoms with Gasteiger partial charge < -0.3 is 10.6 Å². The number of amides is 1. The van der Waals surface area contributed by atoms with Crippen LogP contribution in [-0.4, -0.2) is 33.7 Å². The van der Waals surface area contributed by atoms with E-state index in [0.29, 0.717) is 12.3 Å². The van der Waals surface area contributed by atoms with Crippen molar-refractivity contribution in [1.29, 1.82) is 0 Å². The van der Waals surface area contributed by atoms with Crippen molar-refractivity contribution >= 4 is 11.7 Å². The van der Waals surface area contributed by atoms with Crippen LogP contribution in [0.1, 0.15) is 70.9 Å². The number of hydrazine groups is 1. The minimum atomic E-state index is -0.456. The first-order valence-corrected chi connectivity index (χ1v) is 10.9. The molecule has 5 N–H and O–H groups in total. The largest absolute Gasteiger partial charge is 0.386 e. The van der Waals surface area contributed by atoms with E-state index in [1.54, 1.807) is 12.4 Å². The summed E-state index contributed by atoms with van der Waals surface area (Å²) in [5.41, 5.74) is 10.2. The maximum atomic E-state index is 13.9. The van der Waals surface area contributed by atoms with Gasteiger partial charge in [0.05, 0.1) is 5.92 Å². The number of hydrazone groups is 1. The van der Waals surface area contributed by atoms with Gasteiger partial charge in [-0.05, 0) is 44.9 Å². The van der Waals surface area contributed by atoms with Crippen LogP contribution in [0.4, 0.5) is 0 Å². The first-order chi connectivity index (χ1) is 14.9. The Balaban J connectivity index is 0.00000233. The number of carbonyl (C=O) groups excluding carboxylic acids is 1. The SMILES string of the molecule is CC.CC(C)N(C(=O)C(c1cccnc1)C(C/C(N)=N/NN)c1ccccc1)C(C)C. The molecule has 2 rings (SSSR count). The van der Waals surface area contributed by atoms with E-state index >= 15 is 0 Å². The van der Waals surface area contributed by atoms with Gasteiger partial charge in [0.1, 0.15) is 5.84 Å². The molecule has 1 aromatic heterocycles. The smallest absolute Gasteiger partial charge is 0.231 e. The third-order valence-corrected chi connectivity index (χ3v) is 4.94. The fourth-order valence-corrected chi connectivity index (χ4v) is 3.86. The van der Waals surface area contributed by atoms with Gasteiger partial charge in [-0.1, -0.05) is 50.2 Å². The standard InChI is InChI=1S/C22H32N6O.C2H6/c1-15(2)28(16(3)4)22(29)21(18-11-8-12-25-14-18)19(13-20(23)26-27-24)17-9-6-5-7-10-17;1-2/h5-12,14-16,19,21,27H,13,24H2,1-4H3,(H2,23,26);1-2H3. The lowest BCUT2D eigenvalue weighted by molar-refractivity contribution is -0.137. The van der Waals surface area contributed by atoms with Gasteiger partial charge in [0.15, 0.2) is 0 Å². The molecule has 2 aromatic rings. The first kappa shape index (κ1) is 26.1. The van der Waals surface area contributed by atoms with Crippen LogP contribution >= 0.6 is 0 Å². The predicted octanol–water partition coefficient (Wildman–Crippen LogP) is 3.75. The number of nitrogens with one attached hydrogen (secondary N) is 1. The third-order valence-electron chi connectivity index (χ3n) is 4.94. The molecule has 0 saturated heterocycles. The summed E-state index contributed by atoms with van der Waals surface area (Å²) in [6.07, 6.45) is 3.84. The Bertz CT molecular complexity index is 784. The van der Waals surface area contributed by atoms with Crippen LogP contribution in [0.15, 0.2) is 60.0 Å². The van der Waals surface area contributed by atoms with Crippen molar-refractivity contribution in [1.82, 2.24) is 15.4 Å². The zero-order valence-corrected chi connectivity index (χ0v) is 19.6. The lowest BCUT2D eigenvalue weighted by atomic mass is 9.78. The summed E-state index contributed by atoms with van der Waals surface area (Å²) in [6.45, 7) is 12.1. The van der Waals surface area contributed by atoms with Gasteiger partial charge >= 0.3 is 0 Å². The van der Waals surface area contributed by atoms with E-state index in [4.69, 9.17) is 11.6 Å². The van der Waals surface area contributed by atoms with Gasteiger partial charge in [-0.25, -0.2) is 11.4 Å². The average molecular weight is 427 g/mol. The minimum absolute atomic E-state index is 0.0466. The van der Waals surface area contributed by atoms with Crippen LogP contribution in [0.3, 0.4) is 0 Å². The molecule has 0 aliphatic heterocycles. The highest BCUT2D eigenvalue weighted by atomic mass is 16.2. The van der Waals surface area contributed by atoms with Gasteiger partial charge in [-0.15, -0.1) is 0 Å². The Kier molecular flexibility index (Phi) is 11.3. The molecule has 0 saturated carbocycles. The molecule has 7 heteroatoms. The number of carbonyl (C=O) groups is 1. The van der Waals surface area contributed by atoms with Gasteiger partial charge in [-0.3, -0.25) is 9.78 Å². The van der Waals surface area contributed by atoms with Crippen molar-refractivity contribution in [3.8, 4) is 0 Å². The lowest BCUT2D eigenvalue weighted by Crippen LogP contribution is -2.46. The van der Waals surface area contributed by atoms with E-state index in [9.17, 15) is 4.79 Å². The van der Waals surface area contributed by atoms with Crippen molar-refractivity contribution < 1.29 is 4.79 Å². The van der Waals surface area contributed by atoms with Crippen LogP contribution in [0.2, 0.25) is 0 Å². The highest BCUT2D eigenvalue weighted by molar-refractivity contribution is 5.88. The predicted molar refractivity (Wildman–Crippen MR) is 128 cm³/mol. The lowest BCUT2D eigenvalue weighted by Gasteiger charge is -2.37. The van der Waals surface area contributed by atoms with E-state index in [1.807, 2.05) is 88.9 Å². The molecule has 31 heavy (non-hydrogen) atoms. The van der Waals surface area contributed by atoms with Gasteiger partial charge in [0, 0.05) is 36.8 Å². The van der Waals surface area contributed by atoms with Gasteiger partial charge in [0.2, 0.25) is 5.91 Å². The summed E-state index contributed by atoms with van der Waals surface area (Å²) in [7, 11) is 0. The van der Waals surface area contributed by atoms with E-state index in [-0.39, 0.29) is 23.9 Å². The number of aromatic nitrogens is 1. The van der Waals surface area contributed by atoms with Crippen LogP contribution in [-0.2, 0) is 4.79 Å². The van der Waals surface area contributed by atoms with Crippen molar-refractivity contribution in [2.24, 2.45) is 16.7 Å². The Morgan fingerprint density at radius 2 is 1.61 bits per heavy atom. The second kappa shape index (κ2) is 13.4. The van der Waals surface area contributed by atoms with Crippen molar-refractivity contribution in [3.63, 3.8) is 0 Å². The van der Waals surface area contributed by atoms with E-state index in [0.717, 1.165) is 11.1 Å². The normalized spacial score (nSPS) is 13.3. The number of hydrogen-bond acceptors (Lipinski definition) is 5. The number of pyridine rings is 1. The molecule has 2 atom stereocenters. The van der Waals surface area contributed by atoms with E-state index in [2.05, 4.69) is 15.6 Å². The molecule has 0 aliphatic carbocycles. The monoisotopic (exact) mass is 426 g/mol. The molecule has 1 aromatic carbocycles. The Morgan fingerprint density at radius 1 is 1.03 bits per heavy atom. The zero-order chi connectivity index (χ0) is 23.4. The molecule has 0 fully saturated rings. The molecule has 170 valence electrons. The molecule has 0 spiro atoms. The molecule has 0 aliphatic rings. The fraction of sp³-hybridized carbons (Fsp3) is 0.458. The molecule has 0 radical (unpaired) electrons. The molecule has 1 amide bonds. The van der Waals surface area contributed by atoms with Crippen molar-refractivity contribution in [2.45, 2.75) is 71.9 Å². The Labute approximate surface area is 186 Å². The van der Waals surface area contributed by atoms with E-state index < -0.39 is 5.92 Å². The number of amidine groups is 1. The van der Waals surface area contributed by atoms with E-state index in [1.165, 1.54) is 0 Å². The van der Waals surface area contributed by atoms with Crippen LogP contribution < -0.4 is 17.1 Å². The zero-order valence-electron chi connectivity index (χ0n) is 19.6. The molecular weight excluding hydrogens is 388 g/mol. The Morgan fingerprint density at radius 3 is 2.10 bits per heavy atom. The number of benzene rings is 1. The Hall–Kier alpha value is -2.93. The highest BCUT2D eigenvalue weighted by Gasteiger charge is 2.36. The topological polar surface area (TPSA) is 110 Å². The summed E-state index contributed by atoms with van der Waals surface area (Å²) in [5.74, 6) is 5.03. The highest BCUT2D eigenvalue weighted by Crippen LogP contribution is 2.37. The molecule has 2 unspecified atom stereocenters. The maximum absolute atomic E-state index is 13.9. The van der Waals surface area contributed by atoms with Gasteiger partial charge in [-0.2, -0.15) is 5.10 Å². The summed E-state index contributed by atoms with van der Waals surface area (Å²) in [4.78, 5) is 20.0. The fourth-order valence-electron chi connectivity index (χ4n) is 3.86. The minimum Gasteiger partial charge on any atom is -0.386 e. The first-order valence-electron chi connectivity index (χ1n) is 10.9. The van der Waals surface area contributed by atoms with Crippen LogP contribution in [0.5, 0.6) is 0 Å².